The lowest BCUT2D eigenvalue weighted by atomic mass is 10.1. The molecule has 0 fully saturated rings. The molecule has 0 saturated heterocycles. The summed E-state index contributed by atoms with van der Waals surface area (Å²) in [5.41, 5.74) is 6.23. The molecular formula is C11H16N2O. The highest BCUT2D eigenvalue weighted by molar-refractivity contribution is 5.81. The predicted octanol–water partition coefficient (Wildman–Crippen LogP) is 1.21. The van der Waals surface area contributed by atoms with Crippen molar-refractivity contribution in [2.24, 2.45) is 5.73 Å². The normalized spacial score (nSPS) is 12.8. The van der Waals surface area contributed by atoms with Crippen LogP contribution in [-0.4, -0.2) is 11.9 Å². The predicted molar refractivity (Wildman–Crippen MR) is 56.6 cm³/mol. The fraction of sp³-hybridized carbons (Fsp3) is 0.364. The van der Waals surface area contributed by atoms with Crippen LogP contribution in [0.25, 0.3) is 0 Å². The van der Waals surface area contributed by atoms with E-state index in [1.165, 1.54) is 0 Å². The number of hydrogen-bond donors (Lipinski definition) is 2. The van der Waals surface area contributed by atoms with E-state index in [0.29, 0.717) is 0 Å². The van der Waals surface area contributed by atoms with Crippen molar-refractivity contribution in [1.29, 1.82) is 0 Å². The van der Waals surface area contributed by atoms with Gasteiger partial charge in [0.05, 0.1) is 0 Å². The number of carbonyl (C=O) groups is 1. The molecule has 1 aromatic rings. The highest BCUT2D eigenvalue weighted by atomic mass is 16.1. The molecule has 1 aromatic carbocycles. The van der Waals surface area contributed by atoms with Gasteiger partial charge in [0.25, 0.3) is 0 Å². The molecule has 3 N–H and O–H groups in total. The monoisotopic (exact) mass is 192 g/mol. The van der Waals surface area contributed by atoms with Crippen LogP contribution in [0.1, 0.15) is 25.5 Å². The van der Waals surface area contributed by atoms with E-state index in [-0.39, 0.29) is 11.9 Å². The number of carbonyl (C=O) groups excluding carboxylic acids is 1. The maximum Gasteiger partial charge on any atom is 0.239 e. The molecule has 0 heterocycles. The number of primary amides is 1. The summed E-state index contributed by atoms with van der Waals surface area (Å²) < 4.78 is 0. The number of amides is 1. The first-order valence-corrected chi connectivity index (χ1v) is 4.71. The van der Waals surface area contributed by atoms with Crippen molar-refractivity contribution < 1.29 is 4.79 Å². The van der Waals surface area contributed by atoms with Crippen molar-refractivity contribution in [3.8, 4) is 0 Å². The molecule has 3 nitrogen and oxygen atoms in total. The van der Waals surface area contributed by atoms with E-state index >= 15 is 0 Å². The molecule has 0 aliphatic heterocycles. The first-order chi connectivity index (χ1) is 6.61. The van der Waals surface area contributed by atoms with Gasteiger partial charge >= 0.3 is 0 Å². The number of rotatable bonds is 4. The summed E-state index contributed by atoms with van der Waals surface area (Å²) in [6.45, 7) is 3.97. The van der Waals surface area contributed by atoms with Gasteiger partial charge < -0.3 is 5.73 Å². The summed E-state index contributed by atoms with van der Waals surface area (Å²) in [6.07, 6.45) is 0. The molecule has 1 rings (SSSR count). The Morgan fingerprint density at radius 2 is 1.86 bits per heavy atom. The summed E-state index contributed by atoms with van der Waals surface area (Å²) in [4.78, 5) is 11.2. The molecule has 0 aliphatic rings. The van der Waals surface area contributed by atoms with Crippen LogP contribution >= 0.6 is 0 Å². The van der Waals surface area contributed by atoms with Gasteiger partial charge in [-0.05, 0) is 19.4 Å². The topological polar surface area (TPSA) is 55.1 Å². The van der Waals surface area contributed by atoms with Gasteiger partial charge in [0.1, 0.15) is 6.04 Å². The number of nitrogens with two attached hydrogens (primary N) is 1. The standard InChI is InChI=1S/C11H16N2O/c1-8(2)13-10(11(12)14)9-6-4-3-5-7-9/h3-8,10,13H,1-2H3,(H2,12,14). The Kier molecular flexibility index (Phi) is 3.65. The van der Waals surface area contributed by atoms with E-state index in [1.54, 1.807) is 0 Å². The van der Waals surface area contributed by atoms with Gasteiger partial charge in [0.2, 0.25) is 5.91 Å². The summed E-state index contributed by atoms with van der Waals surface area (Å²) in [7, 11) is 0. The fourth-order valence-corrected chi connectivity index (χ4v) is 1.32. The number of nitrogens with one attached hydrogen (secondary N) is 1. The molecule has 1 atom stereocenters. The van der Waals surface area contributed by atoms with Gasteiger partial charge in [-0.15, -0.1) is 0 Å². The van der Waals surface area contributed by atoms with Crippen LogP contribution in [0.3, 0.4) is 0 Å². The van der Waals surface area contributed by atoms with Gasteiger partial charge in [-0.25, -0.2) is 0 Å². The lowest BCUT2D eigenvalue weighted by molar-refractivity contribution is -0.120. The van der Waals surface area contributed by atoms with Gasteiger partial charge in [0, 0.05) is 6.04 Å². The average molecular weight is 192 g/mol. The highest BCUT2D eigenvalue weighted by Crippen LogP contribution is 2.12. The first-order valence-electron chi connectivity index (χ1n) is 4.71. The van der Waals surface area contributed by atoms with Crippen molar-refractivity contribution in [1.82, 2.24) is 5.32 Å². The van der Waals surface area contributed by atoms with Crippen LogP contribution in [0.15, 0.2) is 30.3 Å². The molecular weight excluding hydrogens is 176 g/mol. The maximum atomic E-state index is 11.2. The Balaban J connectivity index is 2.84. The minimum absolute atomic E-state index is 0.229. The molecule has 1 unspecified atom stereocenters. The molecule has 0 spiro atoms. The fourth-order valence-electron chi connectivity index (χ4n) is 1.32. The van der Waals surface area contributed by atoms with Gasteiger partial charge in [-0.3, -0.25) is 10.1 Å². The van der Waals surface area contributed by atoms with Gasteiger partial charge in [-0.1, -0.05) is 30.3 Å². The average Bonchev–Trinajstić information content (AvgIpc) is 2.15. The Morgan fingerprint density at radius 1 is 1.29 bits per heavy atom. The lowest BCUT2D eigenvalue weighted by Gasteiger charge is -2.18. The van der Waals surface area contributed by atoms with Crippen molar-refractivity contribution in [3.05, 3.63) is 35.9 Å². The van der Waals surface area contributed by atoms with Crippen molar-refractivity contribution in [2.75, 3.05) is 0 Å². The third kappa shape index (κ3) is 2.85. The minimum atomic E-state index is -0.392. The second-order valence-electron chi connectivity index (χ2n) is 3.57. The van der Waals surface area contributed by atoms with Crippen LogP contribution in [-0.2, 0) is 4.79 Å². The maximum absolute atomic E-state index is 11.2. The molecule has 0 saturated carbocycles. The van der Waals surface area contributed by atoms with E-state index in [0.717, 1.165) is 5.56 Å². The third-order valence-corrected chi connectivity index (χ3v) is 1.92. The van der Waals surface area contributed by atoms with Gasteiger partial charge in [0.15, 0.2) is 0 Å². The Hall–Kier alpha value is -1.35. The zero-order valence-corrected chi connectivity index (χ0v) is 8.53. The van der Waals surface area contributed by atoms with E-state index in [1.807, 2.05) is 44.2 Å². The summed E-state index contributed by atoms with van der Waals surface area (Å²) in [5, 5.41) is 3.12. The zero-order valence-electron chi connectivity index (χ0n) is 8.53. The van der Waals surface area contributed by atoms with E-state index < -0.39 is 6.04 Å². The third-order valence-electron chi connectivity index (χ3n) is 1.92. The molecule has 0 aliphatic carbocycles. The van der Waals surface area contributed by atoms with E-state index in [2.05, 4.69) is 5.32 Å². The first kappa shape index (κ1) is 10.7. The lowest BCUT2D eigenvalue weighted by Crippen LogP contribution is -2.37. The van der Waals surface area contributed by atoms with Crippen LogP contribution in [0, 0.1) is 0 Å². The van der Waals surface area contributed by atoms with Gasteiger partial charge in [-0.2, -0.15) is 0 Å². The molecule has 3 heteroatoms. The largest absolute Gasteiger partial charge is 0.368 e. The van der Waals surface area contributed by atoms with Crippen LogP contribution < -0.4 is 11.1 Å². The minimum Gasteiger partial charge on any atom is -0.368 e. The van der Waals surface area contributed by atoms with E-state index in [9.17, 15) is 4.79 Å². The molecule has 0 bridgehead atoms. The molecule has 0 aromatic heterocycles. The van der Waals surface area contributed by atoms with E-state index in [4.69, 9.17) is 5.73 Å². The zero-order chi connectivity index (χ0) is 10.6. The summed E-state index contributed by atoms with van der Waals surface area (Å²) in [5.74, 6) is -0.343. The van der Waals surface area contributed by atoms with Crippen LogP contribution in [0.2, 0.25) is 0 Å². The second-order valence-corrected chi connectivity index (χ2v) is 3.57. The summed E-state index contributed by atoms with van der Waals surface area (Å²) >= 11 is 0. The summed E-state index contributed by atoms with van der Waals surface area (Å²) in [6, 6.07) is 9.33. The quantitative estimate of drug-likeness (QED) is 0.753. The van der Waals surface area contributed by atoms with Crippen molar-refractivity contribution in [2.45, 2.75) is 25.9 Å². The molecule has 1 amide bonds. The molecule has 76 valence electrons. The molecule has 0 radical (unpaired) electrons. The molecule has 14 heavy (non-hydrogen) atoms. The van der Waals surface area contributed by atoms with Crippen molar-refractivity contribution >= 4 is 5.91 Å². The van der Waals surface area contributed by atoms with Crippen LogP contribution in [0.4, 0.5) is 0 Å². The second kappa shape index (κ2) is 4.77. The Bertz CT molecular complexity index is 295. The SMILES string of the molecule is CC(C)NC(C(N)=O)c1ccccc1. The number of benzene rings is 1. The van der Waals surface area contributed by atoms with Crippen molar-refractivity contribution in [3.63, 3.8) is 0 Å². The highest BCUT2D eigenvalue weighted by Gasteiger charge is 2.17. The Labute approximate surface area is 84.3 Å². The Morgan fingerprint density at radius 3 is 2.29 bits per heavy atom. The van der Waals surface area contributed by atoms with Crippen LogP contribution in [0.5, 0.6) is 0 Å². The number of hydrogen-bond acceptors (Lipinski definition) is 2. The smallest absolute Gasteiger partial charge is 0.239 e.